The number of pyridine rings is 1. The normalized spacial score (nSPS) is 10.3. The molecule has 0 aliphatic heterocycles. The zero-order chi connectivity index (χ0) is 13.0. The van der Waals surface area contributed by atoms with Crippen LogP contribution in [0, 0.1) is 10.1 Å². The van der Waals surface area contributed by atoms with E-state index in [-0.39, 0.29) is 10.6 Å². The Labute approximate surface area is 106 Å². The van der Waals surface area contributed by atoms with Crippen molar-refractivity contribution in [2.24, 2.45) is 0 Å². The molecule has 0 bridgehead atoms. The van der Waals surface area contributed by atoms with Crippen LogP contribution in [0.2, 0.25) is 0 Å². The van der Waals surface area contributed by atoms with Crippen LogP contribution in [-0.2, 0) is 13.0 Å². The Kier molecular flexibility index (Phi) is 3.67. The number of nitro benzene ring substituents is 1. The lowest BCUT2D eigenvalue weighted by molar-refractivity contribution is -0.695. The van der Waals surface area contributed by atoms with Crippen LogP contribution in [0.3, 0.4) is 0 Å². The van der Waals surface area contributed by atoms with Crippen LogP contribution in [0.25, 0.3) is 0 Å². The summed E-state index contributed by atoms with van der Waals surface area (Å²) in [5.74, 6) is 0. The minimum absolute atomic E-state index is 0.132. The molecule has 4 nitrogen and oxygen atoms in total. The molecule has 92 valence electrons. The highest BCUT2D eigenvalue weighted by molar-refractivity contribution is 5.32. The molecule has 0 spiro atoms. The summed E-state index contributed by atoms with van der Waals surface area (Å²) in [5.41, 5.74) is 2.44. The van der Waals surface area contributed by atoms with E-state index in [2.05, 4.69) is 17.6 Å². The van der Waals surface area contributed by atoms with E-state index in [1.54, 1.807) is 24.3 Å². The zero-order valence-electron chi connectivity index (χ0n) is 10.2. The van der Waals surface area contributed by atoms with Gasteiger partial charge in [-0.15, -0.1) is 0 Å². The summed E-state index contributed by atoms with van der Waals surface area (Å²) >= 11 is 0. The van der Waals surface area contributed by atoms with Crippen molar-refractivity contribution in [2.75, 3.05) is 0 Å². The molecule has 18 heavy (non-hydrogen) atoms. The fraction of sp³-hybridized carbons (Fsp3) is 0.214. The van der Waals surface area contributed by atoms with E-state index in [0.717, 1.165) is 18.5 Å². The Bertz CT molecular complexity index is 550. The third kappa shape index (κ3) is 2.71. The summed E-state index contributed by atoms with van der Waals surface area (Å²) in [6.07, 6.45) is 2.99. The van der Waals surface area contributed by atoms with Gasteiger partial charge in [-0.3, -0.25) is 10.1 Å². The smallest absolute Gasteiger partial charge is 0.258 e. The molecule has 0 aliphatic carbocycles. The quantitative estimate of drug-likeness (QED) is 0.470. The van der Waals surface area contributed by atoms with Crippen LogP contribution in [0.15, 0.2) is 48.7 Å². The molecule has 0 atom stereocenters. The first-order valence-corrected chi connectivity index (χ1v) is 5.91. The first kappa shape index (κ1) is 12.2. The van der Waals surface area contributed by atoms with Crippen LogP contribution < -0.4 is 4.57 Å². The average molecular weight is 243 g/mol. The van der Waals surface area contributed by atoms with E-state index >= 15 is 0 Å². The van der Waals surface area contributed by atoms with Crippen molar-refractivity contribution in [1.82, 2.24) is 0 Å². The maximum Gasteiger partial charge on any atom is 0.269 e. The Balaban J connectivity index is 2.21. The molecule has 0 amide bonds. The summed E-state index contributed by atoms with van der Waals surface area (Å²) in [7, 11) is 0. The second kappa shape index (κ2) is 5.40. The Hall–Kier alpha value is -2.23. The van der Waals surface area contributed by atoms with Crippen molar-refractivity contribution in [2.45, 2.75) is 19.9 Å². The number of benzene rings is 1. The molecular weight excluding hydrogens is 228 g/mol. The Morgan fingerprint density at radius 1 is 1.17 bits per heavy atom. The molecule has 0 saturated carbocycles. The van der Waals surface area contributed by atoms with Gasteiger partial charge in [0.2, 0.25) is 0 Å². The van der Waals surface area contributed by atoms with Crippen LogP contribution in [0.1, 0.15) is 18.2 Å². The third-order valence-electron chi connectivity index (χ3n) is 2.90. The summed E-state index contributed by atoms with van der Waals surface area (Å²) in [5, 5.41) is 10.6. The first-order valence-electron chi connectivity index (χ1n) is 5.91. The number of rotatable bonds is 4. The van der Waals surface area contributed by atoms with Crippen molar-refractivity contribution in [3.63, 3.8) is 0 Å². The molecular formula is C14H15N2O2+. The van der Waals surface area contributed by atoms with Gasteiger partial charge in [0.15, 0.2) is 18.4 Å². The van der Waals surface area contributed by atoms with E-state index in [9.17, 15) is 10.1 Å². The molecule has 1 aromatic heterocycles. The highest BCUT2D eigenvalue weighted by Gasteiger charge is 2.10. The number of hydrogen-bond donors (Lipinski definition) is 0. The molecule has 0 fully saturated rings. The maximum absolute atomic E-state index is 10.6. The van der Waals surface area contributed by atoms with Crippen LogP contribution in [0.4, 0.5) is 5.69 Å². The van der Waals surface area contributed by atoms with Crippen molar-refractivity contribution in [1.29, 1.82) is 0 Å². The monoisotopic (exact) mass is 243 g/mol. The average Bonchev–Trinajstić information content (AvgIpc) is 2.40. The van der Waals surface area contributed by atoms with Crippen LogP contribution >= 0.6 is 0 Å². The molecule has 0 saturated heterocycles. The van der Waals surface area contributed by atoms with Gasteiger partial charge in [0.05, 0.1) is 4.92 Å². The summed E-state index contributed by atoms with van der Waals surface area (Å²) < 4.78 is 2.15. The lowest BCUT2D eigenvalue weighted by atomic mass is 10.2. The number of aryl methyl sites for hydroxylation is 1. The fourth-order valence-corrected chi connectivity index (χ4v) is 1.91. The standard InChI is InChI=1S/C14H15N2O2/c1-2-13-5-3-4-10-15(13)11-12-6-8-14(9-7-12)16(17)18/h3-10H,2,11H2,1H3/q+1. The van der Waals surface area contributed by atoms with E-state index in [0.29, 0.717) is 0 Å². The molecule has 4 heteroatoms. The van der Waals surface area contributed by atoms with Gasteiger partial charge in [-0.2, -0.15) is 4.57 Å². The predicted molar refractivity (Wildman–Crippen MR) is 68.2 cm³/mol. The van der Waals surface area contributed by atoms with Crippen LogP contribution in [-0.4, -0.2) is 4.92 Å². The second-order valence-electron chi connectivity index (χ2n) is 4.10. The van der Waals surface area contributed by atoms with Crippen molar-refractivity contribution >= 4 is 5.69 Å². The van der Waals surface area contributed by atoms with Gasteiger partial charge in [0, 0.05) is 36.2 Å². The predicted octanol–water partition coefficient (Wildman–Crippen LogP) is 2.49. The highest BCUT2D eigenvalue weighted by Crippen LogP contribution is 2.11. The molecule has 1 heterocycles. The number of non-ortho nitro benzene ring substituents is 1. The van der Waals surface area contributed by atoms with Gasteiger partial charge < -0.3 is 0 Å². The Morgan fingerprint density at radius 3 is 2.50 bits per heavy atom. The maximum atomic E-state index is 10.6. The van der Waals surface area contributed by atoms with E-state index in [4.69, 9.17) is 0 Å². The second-order valence-corrected chi connectivity index (χ2v) is 4.10. The van der Waals surface area contributed by atoms with Gasteiger partial charge in [-0.05, 0) is 12.1 Å². The summed E-state index contributed by atoms with van der Waals surface area (Å²) in [4.78, 5) is 10.2. The number of nitrogens with zero attached hydrogens (tertiary/aromatic N) is 2. The number of hydrogen-bond acceptors (Lipinski definition) is 2. The summed E-state index contributed by atoms with van der Waals surface area (Å²) in [6, 6.07) is 12.8. The minimum Gasteiger partial charge on any atom is -0.258 e. The molecule has 0 radical (unpaired) electrons. The number of nitro groups is 1. The van der Waals surface area contributed by atoms with Gasteiger partial charge in [-0.1, -0.05) is 13.0 Å². The van der Waals surface area contributed by atoms with Gasteiger partial charge >= 0.3 is 0 Å². The molecule has 1 aromatic carbocycles. The lowest BCUT2D eigenvalue weighted by Gasteiger charge is -2.02. The van der Waals surface area contributed by atoms with Crippen molar-refractivity contribution in [3.8, 4) is 0 Å². The summed E-state index contributed by atoms with van der Waals surface area (Å²) in [6.45, 7) is 2.85. The minimum atomic E-state index is -0.378. The van der Waals surface area contributed by atoms with E-state index < -0.39 is 0 Å². The Morgan fingerprint density at radius 2 is 1.89 bits per heavy atom. The van der Waals surface area contributed by atoms with Crippen molar-refractivity contribution < 1.29 is 9.49 Å². The van der Waals surface area contributed by atoms with E-state index in [1.807, 2.05) is 18.3 Å². The van der Waals surface area contributed by atoms with Crippen LogP contribution in [0.5, 0.6) is 0 Å². The highest BCUT2D eigenvalue weighted by atomic mass is 16.6. The molecule has 0 unspecified atom stereocenters. The molecule has 0 aliphatic rings. The SMILES string of the molecule is CCc1cccc[n+]1Cc1ccc([N+](=O)[O-])cc1. The van der Waals surface area contributed by atoms with Gasteiger partial charge in [0.1, 0.15) is 0 Å². The molecule has 0 N–H and O–H groups in total. The topological polar surface area (TPSA) is 47.0 Å². The largest absolute Gasteiger partial charge is 0.269 e. The van der Waals surface area contributed by atoms with Gasteiger partial charge in [-0.25, -0.2) is 0 Å². The molecule has 2 rings (SSSR count). The third-order valence-corrected chi connectivity index (χ3v) is 2.90. The lowest BCUT2D eigenvalue weighted by Crippen LogP contribution is -2.38. The van der Waals surface area contributed by atoms with Gasteiger partial charge in [0.25, 0.3) is 5.69 Å². The number of aromatic nitrogens is 1. The molecule has 2 aromatic rings. The fourth-order valence-electron chi connectivity index (χ4n) is 1.91. The van der Waals surface area contributed by atoms with E-state index in [1.165, 1.54) is 5.69 Å². The van der Waals surface area contributed by atoms with Crippen molar-refractivity contribution in [3.05, 3.63) is 70.0 Å². The zero-order valence-corrected chi connectivity index (χ0v) is 10.2. The first-order chi connectivity index (χ1) is 8.70.